The second-order valence-corrected chi connectivity index (χ2v) is 3.93. The van der Waals surface area contributed by atoms with Crippen LogP contribution in [0.3, 0.4) is 0 Å². The highest BCUT2D eigenvalue weighted by atomic mass is 16.1. The van der Waals surface area contributed by atoms with Crippen LogP contribution >= 0.6 is 0 Å². The van der Waals surface area contributed by atoms with Crippen LogP contribution in [0.2, 0.25) is 0 Å². The number of carbonyl (C=O) groups excluding carboxylic acids is 1. The van der Waals surface area contributed by atoms with Crippen molar-refractivity contribution >= 4 is 18.1 Å². The van der Waals surface area contributed by atoms with Crippen LogP contribution in [0, 0.1) is 0 Å². The molecule has 0 aliphatic carbocycles. The van der Waals surface area contributed by atoms with Gasteiger partial charge in [-0.25, -0.2) is 0 Å². The van der Waals surface area contributed by atoms with E-state index in [1.807, 2.05) is 24.3 Å². The molecule has 0 fully saturated rings. The predicted molar refractivity (Wildman–Crippen MR) is 77.9 cm³/mol. The SMILES string of the molecule is O=C1/C=C\C=C/C/C=C\c2ccncc2C=N/C=C\1. The number of fused-ring (bicyclic) bond motifs is 1. The summed E-state index contributed by atoms with van der Waals surface area (Å²) in [4.78, 5) is 19.6. The first kappa shape index (κ1) is 12.9. The molecule has 0 spiro atoms. The summed E-state index contributed by atoms with van der Waals surface area (Å²) in [5, 5.41) is 0. The van der Waals surface area contributed by atoms with Crippen molar-refractivity contribution in [2.75, 3.05) is 0 Å². The maximum Gasteiger partial charge on any atom is 0.180 e. The van der Waals surface area contributed by atoms with E-state index in [9.17, 15) is 4.79 Å². The lowest BCUT2D eigenvalue weighted by Gasteiger charge is -1.98. The molecule has 1 aliphatic heterocycles. The zero-order valence-electron chi connectivity index (χ0n) is 10.4. The number of hydrogen-bond donors (Lipinski definition) is 0. The monoisotopic (exact) mass is 250 g/mol. The van der Waals surface area contributed by atoms with Gasteiger partial charge in [0.25, 0.3) is 0 Å². The van der Waals surface area contributed by atoms with Gasteiger partial charge in [-0.1, -0.05) is 30.4 Å². The van der Waals surface area contributed by atoms with Gasteiger partial charge in [0.2, 0.25) is 0 Å². The third-order valence-corrected chi connectivity index (χ3v) is 2.50. The molecule has 3 heteroatoms. The highest BCUT2D eigenvalue weighted by molar-refractivity contribution is 5.99. The van der Waals surface area contributed by atoms with Gasteiger partial charge < -0.3 is 0 Å². The van der Waals surface area contributed by atoms with E-state index in [0.717, 1.165) is 17.5 Å². The fraction of sp³-hybridized carbons (Fsp3) is 0.0625. The smallest absolute Gasteiger partial charge is 0.180 e. The Morgan fingerprint density at radius 2 is 1.95 bits per heavy atom. The molecule has 2 rings (SSSR count). The Balaban J connectivity index is 2.31. The molecule has 0 saturated carbocycles. The third kappa shape index (κ3) is 4.32. The lowest BCUT2D eigenvalue weighted by atomic mass is 10.1. The Morgan fingerprint density at radius 3 is 2.89 bits per heavy atom. The number of carbonyl (C=O) groups is 1. The summed E-state index contributed by atoms with van der Waals surface area (Å²) >= 11 is 0. The Hall–Kier alpha value is -2.55. The van der Waals surface area contributed by atoms with Crippen LogP contribution in [-0.4, -0.2) is 17.0 Å². The number of nitrogens with zero attached hydrogens (tertiary/aromatic N) is 2. The van der Waals surface area contributed by atoms with Gasteiger partial charge >= 0.3 is 0 Å². The largest absolute Gasteiger partial charge is 0.290 e. The minimum atomic E-state index is -0.0826. The van der Waals surface area contributed by atoms with Crippen LogP contribution in [0.1, 0.15) is 17.5 Å². The van der Waals surface area contributed by atoms with Crippen molar-refractivity contribution in [1.29, 1.82) is 0 Å². The molecule has 3 nitrogen and oxygen atoms in total. The summed E-state index contributed by atoms with van der Waals surface area (Å²) in [6, 6.07) is 1.93. The van der Waals surface area contributed by atoms with Crippen molar-refractivity contribution in [3.8, 4) is 0 Å². The molecular formula is C16H14N2O. The standard InChI is InChI=1S/C16H14N2O/c19-16-7-5-3-1-2-4-6-14-8-10-17-12-15(14)13-18-11-9-16/h1,3-13H,2H2/b3-1-,6-4-,7-5-,11-9-,18-13?. The van der Waals surface area contributed by atoms with Gasteiger partial charge in [0.05, 0.1) is 0 Å². The van der Waals surface area contributed by atoms with Crippen molar-refractivity contribution in [3.63, 3.8) is 0 Å². The highest BCUT2D eigenvalue weighted by Gasteiger charge is 1.95. The van der Waals surface area contributed by atoms with E-state index >= 15 is 0 Å². The van der Waals surface area contributed by atoms with Crippen molar-refractivity contribution in [1.82, 2.24) is 4.98 Å². The first-order chi connectivity index (χ1) is 9.36. The number of hydrogen-bond acceptors (Lipinski definition) is 3. The Labute approximate surface area is 112 Å². The molecule has 1 aromatic rings. The zero-order valence-corrected chi connectivity index (χ0v) is 10.4. The molecule has 94 valence electrons. The van der Waals surface area contributed by atoms with Crippen molar-refractivity contribution < 1.29 is 4.79 Å². The predicted octanol–water partition coefficient (Wildman–Crippen LogP) is 3.11. The summed E-state index contributed by atoms with van der Waals surface area (Å²) < 4.78 is 0. The molecule has 0 saturated heterocycles. The van der Waals surface area contributed by atoms with Gasteiger partial charge in [-0.2, -0.15) is 0 Å². The van der Waals surface area contributed by atoms with E-state index in [-0.39, 0.29) is 5.78 Å². The molecule has 0 N–H and O–H groups in total. The van der Waals surface area contributed by atoms with Crippen molar-refractivity contribution in [3.05, 3.63) is 72.2 Å². The van der Waals surface area contributed by atoms with Gasteiger partial charge in [-0.3, -0.25) is 14.8 Å². The average molecular weight is 250 g/mol. The summed E-state index contributed by atoms with van der Waals surface area (Å²) in [6.45, 7) is 0. The van der Waals surface area contributed by atoms with Crippen LogP contribution < -0.4 is 0 Å². The maximum absolute atomic E-state index is 11.4. The Kier molecular flexibility index (Phi) is 4.76. The van der Waals surface area contributed by atoms with Gasteiger partial charge in [-0.15, -0.1) is 0 Å². The fourth-order valence-electron chi connectivity index (χ4n) is 1.55. The Bertz CT molecular complexity index is 593. The average Bonchev–Trinajstić information content (AvgIpc) is 2.43. The Morgan fingerprint density at radius 1 is 1.00 bits per heavy atom. The molecule has 0 radical (unpaired) electrons. The molecule has 0 aromatic carbocycles. The molecule has 2 heterocycles. The molecule has 1 aromatic heterocycles. The normalized spacial score (nSPS) is 22.0. The molecule has 1 aliphatic rings. The van der Waals surface area contributed by atoms with Crippen LogP contribution in [0.4, 0.5) is 0 Å². The summed E-state index contributed by atoms with van der Waals surface area (Å²) in [6.07, 6.45) is 20.1. The van der Waals surface area contributed by atoms with Crippen molar-refractivity contribution in [2.45, 2.75) is 6.42 Å². The summed E-state index contributed by atoms with van der Waals surface area (Å²) in [7, 11) is 0. The van der Waals surface area contributed by atoms with Gasteiger partial charge in [0, 0.05) is 36.4 Å². The summed E-state index contributed by atoms with van der Waals surface area (Å²) in [5.74, 6) is -0.0826. The molecular weight excluding hydrogens is 236 g/mol. The van der Waals surface area contributed by atoms with E-state index < -0.39 is 0 Å². The number of rotatable bonds is 0. The van der Waals surface area contributed by atoms with Crippen LogP contribution in [-0.2, 0) is 4.79 Å². The van der Waals surface area contributed by atoms with E-state index in [0.29, 0.717) is 0 Å². The maximum atomic E-state index is 11.4. The van der Waals surface area contributed by atoms with E-state index in [1.54, 1.807) is 24.7 Å². The topological polar surface area (TPSA) is 42.3 Å². The minimum absolute atomic E-state index is 0.0826. The summed E-state index contributed by atoms with van der Waals surface area (Å²) in [5.41, 5.74) is 1.98. The molecule has 0 unspecified atom stereocenters. The fourth-order valence-corrected chi connectivity index (χ4v) is 1.55. The number of pyridine rings is 1. The minimum Gasteiger partial charge on any atom is -0.290 e. The number of allylic oxidation sites excluding steroid dienone is 6. The quantitative estimate of drug-likeness (QED) is 0.710. The first-order valence-electron chi connectivity index (χ1n) is 6.04. The van der Waals surface area contributed by atoms with Gasteiger partial charge in [0.15, 0.2) is 5.78 Å². The van der Waals surface area contributed by atoms with E-state index in [2.05, 4.69) is 16.1 Å². The van der Waals surface area contributed by atoms with Crippen LogP contribution in [0.25, 0.3) is 6.08 Å². The molecule has 0 bridgehead atoms. The van der Waals surface area contributed by atoms with E-state index in [4.69, 9.17) is 0 Å². The van der Waals surface area contributed by atoms with E-state index in [1.165, 1.54) is 18.4 Å². The second-order valence-electron chi connectivity index (χ2n) is 3.93. The lowest BCUT2D eigenvalue weighted by molar-refractivity contribution is -0.110. The third-order valence-electron chi connectivity index (χ3n) is 2.50. The number of aromatic nitrogens is 1. The van der Waals surface area contributed by atoms with Crippen molar-refractivity contribution in [2.24, 2.45) is 4.99 Å². The lowest BCUT2D eigenvalue weighted by Crippen LogP contribution is -1.88. The molecule has 0 atom stereocenters. The molecule has 19 heavy (non-hydrogen) atoms. The first-order valence-corrected chi connectivity index (χ1v) is 6.04. The zero-order chi connectivity index (χ0) is 13.3. The number of aliphatic imine (C=N–C) groups is 1. The molecule has 0 amide bonds. The highest BCUT2D eigenvalue weighted by Crippen LogP contribution is 2.08. The van der Waals surface area contributed by atoms with Crippen LogP contribution in [0.15, 0.2) is 66.1 Å². The van der Waals surface area contributed by atoms with Crippen LogP contribution in [0.5, 0.6) is 0 Å². The van der Waals surface area contributed by atoms with Gasteiger partial charge in [0.1, 0.15) is 0 Å². The van der Waals surface area contributed by atoms with Gasteiger partial charge in [-0.05, 0) is 24.1 Å². The second kappa shape index (κ2) is 7.01. The number of ketones is 1.